The number of hydrogen-bond acceptors (Lipinski definition) is 4. The third-order valence-electron chi connectivity index (χ3n) is 3.53. The second-order valence-corrected chi connectivity index (χ2v) is 5.43. The lowest BCUT2D eigenvalue weighted by Crippen LogP contribution is -2.09. The predicted molar refractivity (Wildman–Crippen MR) is 88.6 cm³/mol. The van der Waals surface area contributed by atoms with Crippen LogP contribution in [0.2, 0.25) is 0 Å². The molecule has 0 spiro atoms. The zero-order valence-corrected chi connectivity index (χ0v) is 14.2. The van der Waals surface area contributed by atoms with Crippen molar-refractivity contribution >= 4 is 11.8 Å². The molecular formula is C18H26O5. The molecule has 128 valence electrons. The van der Waals surface area contributed by atoms with Crippen molar-refractivity contribution < 1.29 is 24.2 Å². The topological polar surface area (TPSA) is 72.8 Å². The highest BCUT2D eigenvalue weighted by Gasteiger charge is 2.17. The van der Waals surface area contributed by atoms with Crippen LogP contribution in [-0.4, -0.2) is 30.6 Å². The molecule has 0 fully saturated rings. The van der Waals surface area contributed by atoms with Crippen LogP contribution >= 0.6 is 0 Å². The van der Waals surface area contributed by atoms with Gasteiger partial charge in [-0.15, -0.1) is 0 Å². The number of carboxylic acid groups (broad SMARTS) is 1. The fourth-order valence-corrected chi connectivity index (χ4v) is 2.29. The van der Waals surface area contributed by atoms with Crippen molar-refractivity contribution in [2.75, 3.05) is 13.7 Å². The van der Waals surface area contributed by atoms with Gasteiger partial charge in [-0.1, -0.05) is 26.7 Å². The minimum Gasteiger partial charge on any atom is -0.493 e. The van der Waals surface area contributed by atoms with Crippen LogP contribution in [0.5, 0.6) is 11.5 Å². The zero-order chi connectivity index (χ0) is 17.2. The summed E-state index contributed by atoms with van der Waals surface area (Å²) in [7, 11) is 1.57. The number of carbonyl (C=O) groups excluding carboxylic acids is 1. The number of methoxy groups -OCH3 is 1. The van der Waals surface area contributed by atoms with E-state index in [1.54, 1.807) is 13.2 Å². The van der Waals surface area contributed by atoms with Gasteiger partial charge in [0.15, 0.2) is 17.3 Å². The van der Waals surface area contributed by atoms with Crippen molar-refractivity contribution in [3.05, 3.63) is 23.3 Å². The maximum atomic E-state index is 12.4. The van der Waals surface area contributed by atoms with Crippen LogP contribution < -0.4 is 9.47 Å². The Morgan fingerprint density at radius 1 is 1.09 bits per heavy atom. The smallest absolute Gasteiger partial charge is 0.303 e. The molecule has 0 aliphatic rings. The Kier molecular flexibility index (Phi) is 8.16. The first-order valence-electron chi connectivity index (χ1n) is 8.12. The first-order valence-corrected chi connectivity index (χ1v) is 8.12. The molecule has 0 heterocycles. The van der Waals surface area contributed by atoms with Crippen LogP contribution in [0.15, 0.2) is 12.1 Å². The maximum absolute atomic E-state index is 12.4. The molecule has 0 amide bonds. The van der Waals surface area contributed by atoms with Gasteiger partial charge in [0.25, 0.3) is 0 Å². The van der Waals surface area contributed by atoms with Crippen LogP contribution in [0.4, 0.5) is 0 Å². The van der Waals surface area contributed by atoms with Crippen LogP contribution in [-0.2, 0) is 11.2 Å². The molecule has 0 unspecified atom stereocenters. The molecule has 0 aliphatic carbocycles. The van der Waals surface area contributed by atoms with E-state index in [9.17, 15) is 9.59 Å². The molecular weight excluding hydrogens is 296 g/mol. The van der Waals surface area contributed by atoms with Crippen LogP contribution in [0, 0.1) is 0 Å². The molecule has 0 radical (unpaired) electrons. The summed E-state index contributed by atoms with van der Waals surface area (Å²) in [6.07, 6.45) is 3.39. The zero-order valence-electron chi connectivity index (χ0n) is 14.2. The summed E-state index contributed by atoms with van der Waals surface area (Å²) in [5.41, 5.74) is 1.42. The molecule has 0 aliphatic heterocycles. The Balaban J connectivity index is 3.09. The molecule has 5 nitrogen and oxygen atoms in total. The highest BCUT2D eigenvalue weighted by atomic mass is 16.5. The summed E-state index contributed by atoms with van der Waals surface area (Å²) in [5, 5.41) is 8.77. The van der Waals surface area contributed by atoms with E-state index in [1.165, 1.54) is 0 Å². The monoisotopic (exact) mass is 322 g/mol. The first kappa shape index (κ1) is 19.0. The molecule has 23 heavy (non-hydrogen) atoms. The summed E-state index contributed by atoms with van der Waals surface area (Å²) in [6.45, 7) is 4.66. The average molecular weight is 322 g/mol. The molecule has 1 aromatic rings. The standard InChI is InChI=1S/C18H26O5/c1-4-6-10-23-17-12-14(15(19)8-9-18(20)21)13(7-5-2)11-16(17)22-3/h11-12H,4-10H2,1-3H3,(H,20,21). The lowest BCUT2D eigenvalue weighted by atomic mass is 9.96. The van der Waals surface area contributed by atoms with Gasteiger partial charge in [0.05, 0.1) is 20.1 Å². The second-order valence-electron chi connectivity index (χ2n) is 5.43. The fraction of sp³-hybridized carbons (Fsp3) is 0.556. The summed E-state index contributed by atoms with van der Waals surface area (Å²) >= 11 is 0. The predicted octanol–water partition coefficient (Wildman–Crippen LogP) is 3.87. The minimum absolute atomic E-state index is 0.00717. The van der Waals surface area contributed by atoms with Gasteiger partial charge in [0, 0.05) is 12.0 Å². The van der Waals surface area contributed by atoms with E-state index in [1.807, 2.05) is 13.0 Å². The third kappa shape index (κ3) is 5.93. The van der Waals surface area contributed by atoms with Gasteiger partial charge in [-0.05, 0) is 30.5 Å². The van der Waals surface area contributed by atoms with Gasteiger partial charge >= 0.3 is 5.97 Å². The van der Waals surface area contributed by atoms with Gasteiger partial charge in [-0.25, -0.2) is 0 Å². The minimum atomic E-state index is -0.969. The molecule has 1 N–H and O–H groups in total. The Morgan fingerprint density at radius 3 is 2.39 bits per heavy atom. The summed E-state index contributed by atoms with van der Waals surface area (Å²) in [4.78, 5) is 23.1. The van der Waals surface area contributed by atoms with E-state index in [-0.39, 0.29) is 18.6 Å². The normalized spacial score (nSPS) is 10.4. The van der Waals surface area contributed by atoms with Crippen molar-refractivity contribution in [1.29, 1.82) is 0 Å². The Labute approximate surface area is 137 Å². The quantitative estimate of drug-likeness (QED) is 0.494. The summed E-state index contributed by atoms with van der Waals surface area (Å²) in [6, 6.07) is 3.53. The molecule has 1 rings (SSSR count). The number of benzene rings is 1. The number of hydrogen-bond donors (Lipinski definition) is 1. The molecule has 5 heteroatoms. The van der Waals surface area contributed by atoms with Crippen LogP contribution in [0.25, 0.3) is 0 Å². The number of aryl methyl sites for hydroxylation is 1. The van der Waals surface area contributed by atoms with Gasteiger partial charge in [-0.2, -0.15) is 0 Å². The van der Waals surface area contributed by atoms with E-state index < -0.39 is 5.97 Å². The number of aliphatic carboxylic acids is 1. The van der Waals surface area contributed by atoms with Crippen LogP contribution in [0.3, 0.4) is 0 Å². The Bertz CT molecular complexity index is 536. The van der Waals surface area contributed by atoms with Crippen molar-refractivity contribution in [1.82, 2.24) is 0 Å². The molecule has 0 saturated heterocycles. The second kappa shape index (κ2) is 9.87. The number of carbonyl (C=O) groups is 2. The largest absolute Gasteiger partial charge is 0.493 e. The number of carboxylic acids is 1. The van der Waals surface area contributed by atoms with Gasteiger partial charge in [-0.3, -0.25) is 9.59 Å². The molecule has 0 aromatic heterocycles. The lowest BCUT2D eigenvalue weighted by molar-refractivity contribution is -0.136. The number of rotatable bonds is 11. The van der Waals surface area contributed by atoms with Gasteiger partial charge < -0.3 is 14.6 Å². The van der Waals surface area contributed by atoms with E-state index in [4.69, 9.17) is 14.6 Å². The third-order valence-corrected chi connectivity index (χ3v) is 3.53. The van der Waals surface area contributed by atoms with Crippen molar-refractivity contribution in [2.24, 2.45) is 0 Å². The Hall–Kier alpha value is -2.04. The number of ether oxygens (including phenoxy) is 2. The van der Waals surface area contributed by atoms with E-state index >= 15 is 0 Å². The molecule has 1 aromatic carbocycles. The SMILES string of the molecule is CCCCOc1cc(C(=O)CCC(=O)O)c(CCC)cc1OC. The highest BCUT2D eigenvalue weighted by Crippen LogP contribution is 2.32. The molecule has 0 atom stereocenters. The van der Waals surface area contributed by atoms with Gasteiger partial charge in [0.2, 0.25) is 0 Å². The summed E-state index contributed by atoms with van der Waals surface area (Å²) < 4.78 is 11.1. The van der Waals surface area contributed by atoms with Crippen LogP contribution in [0.1, 0.15) is 61.9 Å². The molecule has 0 saturated carbocycles. The molecule has 0 bridgehead atoms. The van der Waals surface area contributed by atoms with Gasteiger partial charge in [0.1, 0.15) is 0 Å². The highest BCUT2D eigenvalue weighted by molar-refractivity contribution is 5.99. The average Bonchev–Trinajstić information content (AvgIpc) is 2.53. The number of Topliss-reactive ketones (excluding diaryl/α,β-unsaturated/α-hetero) is 1. The first-order chi connectivity index (χ1) is 11.0. The van der Waals surface area contributed by atoms with Crippen molar-refractivity contribution in [3.63, 3.8) is 0 Å². The van der Waals surface area contributed by atoms with Crippen molar-refractivity contribution in [2.45, 2.75) is 52.4 Å². The van der Waals surface area contributed by atoms with Crippen molar-refractivity contribution in [3.8, 4) is 11.5 Å². The number of unbranched alkanes of at least 4 members (excludes halogenated alkanes) is 1. The van der Waals surface area contributed by atoms with E-state index in [0.29, 0.717) is 23.7 Å². The maximum Gasteiger partial charge on any atom is 0.303 e. The fourth-order valence-electron chi connectivity index (χ4n) is 2.29. The lowest BCUT2D eigenvalue weighted by Gasteiger charge is -2.15. The summed E-state index contributed by atoms with van der Waals surface area (Å²) in [5.74, 6) is 0.0148. The van der Waals surface area contributed by atoms with E-state index in [2.05, 4.69) is 6.92 Å². The number of ketones is 1. The Morgan fingerprint density at radius 2 is 1.83 bits per heavy atom. The van der Waals surface area contributed by atoms with E-state index in [0.717, 1.165) is 31.2 Å².